The molecule has 0 nitrogen and oxygen atoms in total. The molecular weight excluding hydrogens is 347 g/mol. The fourth-order valence-electron chi connectivity index (χ4n) is 3.58. The van der Waals surface area contributed by atoms with Crippen molar-refractivity contribution in [2.75, 3.05) is 0 Å². The second-order valence-corrected chi connectivity index (χ2v) is 7.25. The van der Waals surface area contributed by atoms with Gasteiger partial charge in [-0.2, -0.15) is 0 Å². The van der Waals surface area contributed by atoms with E-state index < -0.39 is 0 Å². The van der Waals surface area contributed by atoms with Crippen LogP contribution in [0.1, 0.15) is 36.1 Å². The zero-order chi connectivity index (χ0) is 12.0. The Bertz CT molecular complexity index is 432. The highest BCUT2D eigenvalue weighted by molar-refractivity contribution is 9.10. The number of hydrogen-bond acceptors (Lipinski definition) is 0. The van der Waals surface area contributed by atoms with E-state index in [-0.39, 0.29) is 5.82 Å². The molecule has 2 fully saturated rings. The molecule has 0 heterocycles. The maximum absolute atomic E-state index is 13.2. The minimum Gasteiger partial charge on any atom is -0.206 e. The van der Waals surface area contributed by atoms with Crippen molar-refractivity contribution in [3.8, 4) is 0 Å². The van der Waals surface area contributed by atoms with E-state index in [1.165, 1.54) is 31.2 Å². The average molecular weight is 362 g/mol. The highest BCUT2D eigenvalue weighted by atomic mass is 79.9. The van der Waals surface area contributed by atoms with Gasteiger partial charge in [0.15, 0.2) is 0 Å². The molecule has 4 atom stereocenters. The third-order valence-corrected chi connectivity index (χ3v) is 6.25. The summed E-state index contributed by atoms with van der Waals surface area (Å²) in [6.45, 7) is 0. The topological polar surface area (TPSA) is 0 Å². The Morgan fingerprint density at radius 3 is 2.65 bits per heavy atom. The molecule has 2 bridgehead atoms. The van der Waals surface area contributed by atoms with Crippen LogP contribution in [0.2, 0.25) is 0 Å². The minimum atomic E-state index is -0.179. The predicted octanol–water partition coefficient (Wildman–Crippen LogP) is 5.46. The SMILES string of the molecule is Fc1ccc(C(Br)C2CC3CCC2C3)cc1Br. The lowest BCUT2D eigenvalue weighted by Crippen LogP contribution is -2.15. The van der Waals surface area contributed by atoms with Crippen LogP contribution in [0.3, 0.4) is 0 Å². The smallest absolute Gasteiger partial charge is 0.137 e. The Morgan fingerprint density at radius 2 is 2.06 bits per heavy atom. The molecule has 2 aliphatic rings. The molecule has 0 spiro atoms. The first kappa shape index (κ1) is 12.2. The van der Waals surface area contributed by atoms with Crippen LogP contribution in [0.25, 0.3) is 0 Å². The molecule has 0 aliphatic heterocycles. The highest BCUT2D eigenvalue weighted by Gasteiger charge is 2.42. The summed E-state index contributed by atoms with van der Waals surface area (Å²) in [4.78, 5) is 0.384. The van der Waals surface area contributed by atoms with E-state index in [1.54, 1.807) is 6.07 Å². The summed E-state index contributed by atoms with van der Waals surface area (Å²) in [6, 6.07) is 5.38. The average Bonchev–Trinajstić information content (AvgIpc) is 2.93. The van der Waals surface area contributed by atoms with Crippen LogP contribution in [-0.4, -0.2) is 0 Å². The summed E-state index contributed by atoms with van der Waals surface area (Å²) >= 11 is 7.10. The molecule has 3 heteroatoms. The van der Waals surface area contributed by atoms with Gasteiger partial charge in [0.05, 0.1) is 4.47 Å². The van der Waals surface area contributed by atoms with E-state index in [0.29, 0.717) is 9.30 Å². The van der Waals surface area contributed by atoms with Crippen LogP contribution >= 0.6 is 31.9 Å². The van der Waals surface area contributed by atoms with E-state index in [1.807, 2.05) is 12.1 Å². The molecule has 92 valence electrons. The lowest BCUT2D eigenvalue weighted by atomic mass is 9.84. The van der Waals surface area contributed by atoms with Gasteiger partial charge in [-0.15, -0.1) is 0 Å². The van der Waals surface area contributed by atoms with Gasteiger partial charge in [0.2, 0.25) is 0 Å². The lowest BCUT2D eigenvalue weighted by Gasteiger charge is -2.27. The molecule has 1 aromatic rings. The fourth-order valence-corrected chi connectivity index (χ4v) is 4.91. The molecule has 2 aliphatic carbocycles. The molecule has 3 rings (SSSR count). The van der Waals surface area contributed by atoms with Crippen LogP contribution < -0.4 is 0 Å². The van der Waals surface area contributed by atoms with Gasteiger partial charge in [0, 0.05) is 4.83 Å². The zero-order valence-corrected chi connectivity index (χ0v) is 12.7. The van der Waals surface area contributed by atoms with Crippen molar-refractivity contribution >= 4 is 31.9 Å². The van der Waals surface area contributed by atoms with Gasteiger partial charge in [-0.25, -0.2) is 4.39 Å². The lowest BCUT2D eigenvalue weighted by molar-refractivity contribution is 0.329. The Morgan fingerprint density at radius 1 is 1.24 bits per heavy atom. The zero-order valence-electron chi connectivity index (χ0n) is 9.50. The normalized spacial score (nSPS) is 33.0. The quantitative estimate of drug-likeness (QED) is 0.613. The van der Waals surface area contributed by atoms with E-state index in [4.69, 9.17) is 0 Å². The number of hydrogen-bond donors (Lipinski definition) is 0. The molecule has 0 radical (unpaired) electrons. The van der Waals surface area contributed by atoms with Crippen molar-refractivity contribution < 1.29 is 4.39 Å². The van der Waals surface area contributed by atoms with Crippen LogP contribution in [0.15, 0.2) is 22.7 Å². The summed E-state index contributed by atoms with van der Waals surface area (Å²) in [5.74, 6) is 2.40. The monoisotopic (exact) mass is 360 g/mol. The summed E-state index contributed by atoms with van der Waals surface area (Å²) in [7, 11) is 0. The number of fused-ring (bicyclic) bond motifs is 2. The first-order valence-electron chi connectivity index (χ1n) is 6.24. The molecule has 17 heavy (non-hydrogen) atoms. The standard InChI is InChI=1S/C14H15Br2F/c15-12-7-10(3-4-13(12)17)14(16)11-6-8-1-2-9(11)5-8/h3-4,7-9,11,14H,1-2,5-6H2. The first-order chi connectivity index (χ1) is 8.15. The number of halogens is 3. The van der Waals surface area contributed by atoms with E-state index in [2.05, 4.69) is 31.9 Å². The number of alkyl halides is 1. The highest BCUT2D eigenvalue weighted by Crippen LogP contribution is 2.54. The van der Waals surface area contributed by atoms with Gasteiger partial charge < -0.3 is 0 Å². The summed E-state index contributed by atoms with van der Waals surface area (Å²) in [5, 5.41) is 0. The third-order valence-electron chi connectivity index (χ3n) is 4.43. The Kier molecular flexibility index (Phi) is 3.33. The summed E-state index contributed by atoms with van der Waals surface area (Å²) < 4.78 is 13.8. The predicted molar refractivity (Wildman–Crippen MR) is 74.7 cm³/mol. The maximum Gasteiger partial charge on any atom is 0.137 e. The van der Waals surface area contributed by atoms with E-state index in [9.17, 15) is 4.39 Å². The van der Waals surface area contributed by atoms with Gasteiger partial charge >= 0.3 is 0 Å². The molecule has 0 N–H and O–H groups in total. The molecule has 1 aromatic carbocycles. The number of rotatable bonds is 2. The maximum atomic E-state index is 13.2. The molecule has 0 amide bonds. The van der Waals surface area contributed by atoms with Crippen LogP contribution in [0, 0.1) is 23.6 Å². The van der Waals surface area contributed by atoms with E-state index in [0.717, 1.165) is 17.8 Å². The minimum absolute atomic E-state index is 0.179. The van der Waals surface area contributed by atoms with Crippen molar-refractivity contribution in [2.24, 2.45) is 17.8 Å². The summed E-state index contributed by atoms with van der Waals surface area (Å²) in [6.07, 6.45) is 5.57. The van der Waals surface area contributed by atoms with Crippen molar-refractivity contribution in [3.63, 3.8) is 0 Å². The Labute approximate surface area is 118 Å². The van der Waals surface area contributed by atoms with Crippen LogP contribution in [0.4, 0.5) is 4.39 Å². The van der Waals surface area contributed by atoms with Crippen molar-refractivity contribution in [1.82, 2.24) is 0 Å². The number of benzene rings is 1. The third kappa shape index (κ3) is 2.21. The Balaban J connectivity index is 1.81. The summed E-state index contributed by atoms with van der Waals surface area (Å²) in [5.41, 5.74) is 1.20. The second-order valence-electron chi connectivity index (χ2n) is 5.41. The van der Waals surface area contributed by atoms with Gasteiger partial charge in [-0.1, -0.05) is 28.4 Å². The van der Waals surface area contributed by atoms with Crippen molar-refractivity contribution in [2.45, 2.75) is 30.5 Å². The Hall–Kier alpha value is 0.110. The van der Waals surface area contributed by atoms with Gasteiger partial charge in [-0.3, -0.25) is 0 Å². The second kappa shape index (κ2) is 4.65. The van der Waals surface area contributed by atoms with Gasteiger partial charge in [0.25, 0.3) is 0 Å². The van der Waals surface area contributed by atoms with Crippen LogP contribution in [0.5, 0.6) is 0 Å². The van der Waals surface area contributed by atoms with Crippen LogP contribution in [-0.2, 0) is 0 Å². The molecule has 2 saturated carbocycles. The molecule has 4 unspecified atom stereocenters. The van der Waals surface area contributed by atoms with Crippen molar-refractivity contribution in [1.29, 1.82) is 0 Å². The molecular formula is C14H15Br2F. The largest absolute Gasteiger partial charge is 0.206 e. The van der Waals surface area contributed by atoms with Gasteiger partial charge in [0.1, 0.15) is 5.82 Å². The molecule has 0 aromatic heterocycles. The van der Waals surface area contributed by atoms with Gasteiger partial charge in [-0.05, 0) is 70.6 Å². The first-order valence-corrected chi connectivity index (χ1v) is 7.95. The van der Waals surface area contributed by atoms with E-state index >= 15 is 0 Å². The molecule has 0 saturated heterocycles. The van der Waals surface area contributed by atoms with Crippen molar-refractivity contribution in [3.05, 3.63) is 34.1 Å². The fraction of sp³-hybridized carbons (Fsp3) is 0.571.